The van der Waals surface area contributed by atoms with Crippen molar-refractivity contribution in [1.82, 2.24) is 0 Å². The maximum Gasteiger partial charge on any atom is 0.227 e. The third-order valence-corrected chi connectivity index (χ3v) is 5.83. The molecule has 0 saturated carbocycles. The van der Waals surface area contributed by atoms with Gasteiger partial charge in [-0.2, -0.15) is 0 Å². The summed E-state index contributed by atoms with van der Waals surface area (Å²) in [5.74, 6) is 0.162. The molecule has 0 bridgehead atoms. The maximum absolute atomic E-state index is 13.3. The highest BCUT2D eigenvalue weighted by Gasteiger charge is 2.39. The lowest BCUT2D eigenvalue weighted by Crippen LogP contribution is -2.37. The molecule has 4 rings (SSSR count). The molecular formula is C23H23BrN2O2. The number of carbonyl (C=O) groups is 2. The average Bonchev–Trinajstić information content (AvgIpc) is 2.83. The van der Waals surface area contributed by atoms with E-state index in [9.17, 15) is 9.59 Å². The molecule has 0 unspecified atom stereocenters. The third kappa shape index (κ3) is 3.39. The van der Waals surface area contributed by atoms with Gasteiger partial charge in [0, 0.05) is 28.6 Å². The van der Waals surface area contributed by atoms with Gasteiger partial charge in [-0.25, -0.2) is 0 Å². The average molecular weight is 439 g/mol. The Morgan fingerprint density at radius 3 is 2.79 bits per heavy atom. The number of nitrogens with one attached hydrogen (secondary N) is 1. The summed E-state index contributed by atoms with van der Waals surface area (Å²) in [6.45, 7) is 2.00. The first-order chi connectivity index (χ1) is 13.6. The van der Waals surface area contributed by atoms with Gasteiger partial charge in [-0.15, -0.1) is 0 Å². The molecule has 2 aromatic rings. The van der Waals surface area contributed by atoms with Crippen molar-refractivity contribution in [1.29, 1.82) is 0 Å². The van der Waals surface area contributed by atoms with Crippen LogP contribution in [0.3, 0.4) is 0 Å². The van der Waals surface area contributed by atoms with E-state index in [0.29, 0.717) is 12.8 Å². The van der Waals surface area contributed by atoms with Crippen LogP contribution in [0.2, 0.25) is 0 Å². The number of fused-ring (bicyclic) bond motifs is 1. The second-order valence-electron chi connectivity index (χ2n) is 7.28. The Balaban J connectivity index is 1.99. The minimum absolute atomic E-state index is 0.0360. The van der Waals surface area contributed by atoms with Crippen molar-refractivity contribution in [3.63, 3.8) is 0 Å². The Hall–Kier alpha value is -2.40. The highest BCUT2D eigenvalue weighted by molar-refractivity contribution is 9.10. The fourth-order valence-corrected chi connectivity index (χ4v) is 4.55. The molecule has 1 aliphatic heterocycles. The van der Waals surface area contributed by atoms with Crippen LogP contribution in [0.5, 0.6) is 0 Å². The molecule has 28 heavy (non-hydrogen) atoms. The first-order valence-corrected chi connectivity index (χ1v) is 10.6. The smallest absolute Gasteiger partial charge is 0.227 e. The molecule has 1 N–H and O–H groups in total. The number of halogens is 1. The van der Waals surface area contributed by atoms with Crippen molar-refractivity contribution < 1.29 is 9.59 Å². The number of ketones is 1. The van der Waals surface area contributed by atoms with Crippen LogP contribution in [0.1, 0.15) is 50.6 Å². The van der Waals surface area contributed by atoms with E-state index in [2.05, 4.69) is 21.2 Å². The van der Waals surface area contributed by atoms with E-state index in [-0.39, 0.29) is 11.7 Å². The second kappa shape index (κ2) is 7.92. The Morgan fingerprint density at radius 2 is 2.00 bits per heavy atom. The minimum Gasteiger partial charge on any atom is -0.357 e. The lowest BCUT2D eigenvalue weighted by molar-refractivity contribution is -0.119. The molecule has 0 radical (unpaired) electrons. The summed E-state index contributed by atoms with van der Waals surface area (Å²) in [7, 11) is 0. The van der Waals surface area contributed by atoms with E-state index in [0.717, 1.165) is 51.9 Å². The van der Waals surface area contributed by atoms with Crippen molar-refractivity contribution in [3.8, 4) is 0 Å². The standard InChI is InChI=1S/C23H23BrN2O2/c1-2-7-21(28)26-19-12-4-3-10-17(19)25-18-11-6-13-20(27)22(18)23(26)15-8-5-9-16(24)14-15/h3-5,8-10,12,14,23,25H,2,6-7,11,13H2,1H3/t23-/m0/s1. The van der Waals surface area contributed by atoms with Crippen molar-refractivity contribution in [3.05, 3.63) is 69.8 Å². The molecule has 0 saturated heterocycles. The van der Waals surface area contributed by atoms with Gasteiger partial charge in [0.2, 0.25) is 5.91 Å². The number of benzene rings is 2. The fourth-order valence-electron chi connectivity index (χ4n) is 4.14. The van der Waals surface area contributed by atoms with Crippen LogP contribution in [0, 0.1) is 0 Å². The van der Waals surface area contributed by atoms with Gasteiger partial charge in [-0.3, -0.25) is 14.5 Å². The number of anilines is 2. The molecule has 0 fully saturated rings. The van der Waals surface area contributed by atoms with Gasteiger partial charge < -0.3 is 5.32 Å². The summed E-state index contributed by atoms with van der Waals surface area (Å²) < 4.78 is 0.934. The topological polar surface area (TPSA) is 49.4 Å². The molecule has 0 spiro atoms. The van der Waals surface area contributed by atoms with Gasteiger partial charge >= 0.3 is 0 Å². The van der Waals surface area contributed by atoms with Crippen LogP contribution in [0.15, 0.2) is 64.3 Å². The second-order valence-corrected chi connectivity index (χ2v) is 8.20. The summed E-state index contributed by atoms with van der Waals surface area (Å²) in [5.41, 5.74) is 4.32. The number of carbonyl (C=O) groups excluding carboxylic acids is 2. The lowest BCUT2D eigenvalue weighted by atomic mass is 9.85. The van der Waals surface area contributed by atoms with Crippen LogP contribution >= 0.6 is 15.9 Å². The van der Waals surface area contributed by atoms with E-state index in [1.807, 2.05) is 60.4 Å². The molecule has 1 atom stereocenters. The molecule has 2 aliphatic rings. The highest BCUT2D eigenvalue weighted by atomic mass is 79.9. The largest absolute Gasteiger partial charge is 0.357 e. The zero-order chi connectivity index (χ0) is 19.7. The molecule has 0 aromatic heterocycles. The van der Waals surface area contributed by atoms with Crippen molar-refractivity contribution >= 4 is 39.0 Å². The minimum atomic E-state index is -0.421. The summed E-state index contributed by atoms with van der Waals surface area (Å²) in [4.78, 5) is 28.2. The summed E-state index contributed by atoms with van der Waals surface area (Å²) in [6.07, 6.45) is 3.37. The number of hydrogen-bond donors (Lipinski definition) is 1. The molecule has 1 amide bonds. The van der Waals surface area contributed by atoms with Crippen LogP contribution in [0.25, 0.3) is 0 Å². The van der Waals surface area contributed by atoms with Gasteiger partial charge in [-0.1, -0.05) is 47.1 Å². The van der Waals surface area contributed by atoms with Crippen LogP contribution in [-0.4, -0.2) is 11.7 Å². The molecular weight excluding hydrogens is 416 g/mol. The third-order valence-electron chi connectivity index (χ3n) is 5.33. The molecule has 2 aromatic carbocycles. The summed E-state index contributed by atoms with van der Waals surface area (Å²) in [5, 5.41) is 3.49. The normalized spacial score (nSPS) is 18.9. The monoisotopic (exact) mass is 438 g/mol. The first-order valence-electron chi connectivity index (χ1n) is 9.80. The Labute approximate surface area is 173 Å². The van der Waals surface area contributed by atoms with Gasteiger partial charge in [0.25, 0.3) is 0 Å². The van der Waals surface area contributed by atoms with Gasteiger partial charge in [-0.05, 0) is 49.1 Å². The van der Waals surface area contributed by atoms with Gasteiger partial charge in [0.1, 0.15) is 0 Å². The number of allylic oxidation sites excluding steroid dienone is 1. The van der Waals surface area contributed by atoms with Crippen molar-refractivity contribution in [2.45, 2.75) is 45.1 Å². The number of hydrogen-bond acceptors (Lipinski definition) is 3. The van der Waals surface area contributed by atoms with E-state index in [4.69, 9.17) is 0 Å². The molecule has 1 aliphatic carbocycles. The summed E-state index contributed by atoms with van der Waals surface area (Å²) in [6, 6.07) is 15.4. The number of rotatable bonds is 3. The number of amides is 1. The van der Waals surface area contributed by atoms with E-state index < -0.39 is 6.04 Å². The molecule has 144 valence electrons. The lowest BCUT2D eigenvalue weighted by Gasteiger charge is -2.34. The fraction of sp³-hybridized carbons (Fsp3) is 0.304. The van der Waals surface area contributed by atoms with Crippen LogP contribution in [0.4, 0.5) is 11.4 Å². The first kappa shape index (κ1) is 18.9. The van der Waals surface area contributed by atoms with E-state index >= 15 is 0 Å². The molecule has 1 heterocycles. The predicted octanol–water partition coefficient (Wildman–Crippen LogP) is 5.76. The van der Waals surface area contributed by atoms with E-state index in [1.165, 1.54) is 0 Å². The highest BCUT2D eigenvalue weighted by Crippen LogP contribution is 2.45. The zero-order valence-electron chi connectivity index (χ0n) is 15.9. The van der Waals surface area contributed by atoms with Crippen molar-refractivity contribution in [2.75, 3.05) is 10.2 Å². The SMILES string of the molecule is CCCC(=O)N1c2ccccc2NC2=C(C(=O)CCC2)[C@@H]1c1cccc(Br)c1. The van der Waals surface area contributed by atoms with Crippen molar-refractivity contribution in [2.24, 2.45) is 0 Å². The summed E-state index contributed by atoms with van der Waals surface area (Å²) >= 11 is 3.55. The van der Waals surface area contributed by atoms with Gasteiger partial charge in [0.15, 0.2) is 5.78 Å². The zero-order valence-corrected chi connectivity index (χ0v) is 17.5. The number of para-hydroxylation sites is 2. The Kier molecular flexibility index (Phi) is 5.36. The quantitative estimate of drug-likeness (QED) is 0.662. The maximum atomic E-state index is 13.3. The molecule has 4 nitrogen and oxygen atoms in total. The molecule has 5 heteroatoms. The Morgan fingerprint density at radius 1 is 1.18 bits per heavy atom. The number of nitrogens with zero attached hydrogens (tertiary/aromatic N) is 1. The predicted molar refractivity (Wildman–Crippen MR) is 115 cm³/mol. The number of Topliss-reactive ketones (excluding diaryl/α,β-unsaturated/α-hetero) is 1. The van der Waals surface area contributed by atoms with Crippen LogP contribution in [-0.2, 0) is 9.59 Å². The van der Waals surface area contributed by atoms with E-state index in [1.54, 1.807) is 0 Å². The Bertz CT molecular complexity index is 967. The van der Waals surface area contributed by atoms with Gasteiger partial charge in [0.05, 0.1) is 17.4 Å². The van der Waals surface area contributed by atoms with Crippen LogP contribution < -0.4 is 10.2 Å².